The van der Waals surface area contributed by atoms with Crippen LogP contribution in [0.3, 0.4) is 0 Å². The second kappa shape index (κ2) is 9.66. The van der Waals surface area contributed by atoms with E-state index < -0.39 is 59.6 Å². The molecule has 0 rings (SSSR count). The first-order chi connectivity index (χ1) is 12.0. The number of carbonyl (C=O) groups excluding carboxylic acids is 3. The van der Waals surface area contributed by atoms with Crippen LogP contribution in [0.4, 0.5) is 9.18 Å². The van der Waals surface area contributed by atoms with Gasteiger partial charge in [0.05, 0.1) is 12.0 Å². The van der Waals surface area contributed by atoms with Crippen molar-refractivity contribution in [3.63, 3.8) is 0 Å². The molecule has 0 saturated heterocycles. The van der Waals surface area contributed by atoms with Gasteiger partial charge in [-0.3, -0.25) is 14.4 Å². The van der Waals surface area contributed by atoms with Crippen LogP contribution in [0.15, 0.2) is 0 Å². The molecule has 8 nitrogen and oxygen atoms in total. The number of Topliss-reactive ketones (excluding diaryl/α,β-unsaturated/α-hetero) is 1. The zero-order chi connectivity index (χ0) is 21.6. The normalized spacial score (nSPS) is 15.3. The minimum Gasteiger partial charge on any atom is -0.481 e. The number of alkyl halides is 1. The average Bonchev–Trinajstić information content (AvgIpc) is 2.41. The summed E-state index contributed by atoms with van der Waals surface area (Å²) in [5, 5.41) is 11.4. The Balaban J connectivity index is 4.87. The van der Waals surface area contributed by atoms with Crippen LogP contribution < -0.4 is 5.32 Å². The molecular weight excluding hydrogens is 361 g/mol. The number of alkyl carbamates (subject to hydrolysis) is 1. The van der Waals surface area contributed by atoms with Gasteiger partial charge in [0.15, 0.2) is 12.0 Å². The van der Waals surface area contributed by atoms with Gasteiger partial charge < -0.3 is 19.9 Å². The standard InChI is InChI=1S/C18H30FNO7/c1-10(20-16(25)27-18(5,6)7)14(22)13(19)11(15(23)24)8-9-12(21)26-17(2,3)4/h10-11,13H,8-9H2,1-7H3,(H,20,25)(H,23,24). The quantitative estimate of drug-likeness (QED) is 0.610. The van der Waals surface area contributed by atoms with Crippen molar-refractivity contribution in [1.29, 1.82) is 0 Å². The highest BCUT2D eigenvalue weighted by Gasteiger charge is 2.37. The van der Waals surface area contributed by atoms with E-state index in [-0.39, 0.29) is 6.42 Å². The summed E-state index contributed by atoms with van der Waals surface area (Å²) in [6.07, 6.45) is -4.07. The van der Waals surface area contributed by atoms with Crippen LogP contribution in [0.2, 0.25) is 0 Å². The number of ketones is 1. The van der Waals surface area contributed by atoms with Gasteiger partial charge in [-0.25, -0.2) is 9.18 Å². The Morgan fingerprint density at radius 1 is 1.00 bits per heavy atom. The minimum atomic E-state index is -2.39. The van der Waals surface area contributed by atoms with Crippen molar-refractivity contribution in [3.05, 3.63) is 0 Å². The molecule has 0 spiro atoms. The predicted octanol–water partition coefficient (Wildman–Crippen LogP) is 2.63. The Kier molecular flexibility index (Phi) is 8.88. The van der Waals surface area contributed by atoms with Crippen LogP contribution in [0.25, 0.3) is 0 Å². The number of amides is 1. The van der Waals surface area contributed by atoms with E-state index in [1.54, 1.807) is 41.5 Å². The lowest BCUT2D eigenvalue weighted by molar-refractivity contribution is -0.156. The van der Waals surface area contributed by atoms with Crippen molar-refractivity contribution in [3.8, 4) is 0 Å². The Hall–Kier alpha value is -2.19. The van der Waals surface area contributed by atoms with E-state index in [2.05, 4.69) is 5.32 Å². The van der Waals surface area contributed by atoms with Crippen molar-refractivity contribution in [1.82, 2.24) is 5.32 Å². The fraction of sp³-hybridized carbons (Fsp3) is 0.778. The fourth-order valence-electron chi connectivity index (χ4n) is 2.05. The van der Waals surface area contributed by atoms with Gasteiger partial charge in [0.1, 0.15) is 11.2 Å². The first-order valence-electron chi connectivity index (χ1n) is 8.65. The van der Waals surface area contributed by atoms with Crippen molar-refractivity contribution in [2.75, 3.05) is 0 Å². The predicted molar refractivity (Wildman–Crippen MR) is 94.9 cm³/mol. The van der Waals surface area contributed by atoms with Gasteiger partial charge >= 0.3 is 18.0 Å². The highest BCUT2D eigenvalue weighted by molar-refractivity contribution is 5.93. The van der Waals surface area contributed by atoms with Crippen LogP contribution in [0.1, 0.15) is 61.3 Å². The maximum absolute atomic E-state index is 14.5. The van der Waals surface area contributed by atoms with E-state index in [0.29, 0.717) is 0 Å². The number of aliphatic carboxylic acids is 1. The summed E-state index contributed by atoms with van der Waals surface area (Å²) in [6.45, 7) is 11.0. The number of carbonyl (C=O) groups is 4. The summed E-state index contributed by atoms with van der Waals surface area (Å²) in [4.78, 5) is 46.8. The SMILES string of the molecule is CC(NC(=O)OC(C)(C)C)C(=O)C(F)C(CCC(=O)OC(C)(C)C)C(=O)O. The third-order valence-corrected chi connectivity index (χ3v) is 3.18. The maximum Gasteiger partial charge on any atom is 0.408 e. The lowest BCUT2D eigenvalue weighted by atomic mass is 9.92. The number of carboxylic acids is 1. The lowest BCUT2D eigenvalue weighted by Crippen LogP contribution is -2.47. The van der Waals surface area contributed by atoms with Crippen molar-refractivity contribution >= 4 is 23.8 Å². The second-order valence-electron chi connectivity index (χ2n) is 8.24. The highest BCUT2D eigenvalue weighted by Crippen LogP contribution is 2.20. The number of hydrogen-bond donors (Lipinski definition) is 2. The lowest BCUT2D eigenvalue weighted by Gasteiger charge is -2.23. The second-order valence-corrected chi connectivity index (χ2v) is 8.24. The summed E-state index contributed by atoms with van der Waals surface area (Å²) < 4.78 is 24.5. The number of hydrogen-bond acceptors (Lipinski definition) is 6. The fourth-order valence-corrected chi connectivity index (χ4v) is 2.05. The van der Waals surface area contributed by atoms with Gasteiger partial charge in [0.2, 0.25) is 0 Å². The summed E-state index contributed by atoms with van der Waals surface area (Å²) in [7, 11) is 0. The summed E-state index contributed by atoms with van der Waals surface area (Å²) in [6, 6.07) is -1.29. The van der Waals surface area contributed by atoms with Crippen LogP contribution in [0.5, 0.6) is 0 Å². The molecule has 0 heterocycles. The molecule has 27 heavy (non-hydrogen) atoms. The molecule has 0 fully saturated rings. The van der Waals surface area contributed by atoms with Gasteiger partial charge in [-0.05, 0) is 54.9 Å². The van der Waals surface area contributed by atoms with Gasteiger partial charge in [-0.15, -0.1) is 0 Å². The molecule has 0 aliphatic heterocycles. The van der Waals surface area contributed by atoms with E-state index in [1.165, 1.54) is 6.92 Å². The molecule has 3 unspecified atom stereocenters. The molecule has 9 heteroatoms. The number of esters is 1. The zero-order valence-electron chi connectivity index (χ0n) is 16.9. The molecule has 0 aromatic rings. The third kappa shape index (κ3) is 10.5. The maximum atomic E-state index is 14.5. The van der Waals surface area contributed by atoms with Crippen LogP contribution in [-0.4, -0.2) is 52.3 Å². The van der Waals surface area contributed by atoms with E-state index in [0.717, 1.165) is 0 Å². The van der Waals surface area contributed by atoms with Crippen LogP contribution >= 0.6 is 0 Å². The number of halogens is 1. The van der Waals surface area contributed by atoms with Gasteiger partial charge in [-0.1, -0.05) is 0 Å². The van der Waals surface area contributed by atoms with Crippen molar-refractivity contribution in [2.45, 2.75) is 84.7 Å². The summed E-state index contributed by atoms with van der Waals surface area (Å²) in [5.41, 5.74) is -1.56. The summed E-state index contributed by atoms with van der Waals surface area (Å²) >= 11 is 0. The topological polar surface area (TPSA) is 119 Å². The summed E-state index contributed by atoms with van der Waals surface area (Å²) in [5.74, 6) is -5.08. The number of ether oxygens (including phenoxy) is 2. The van der Waals surface area contributed by atoms with Gasteiger partial charge in [0.25, 0.3) is 0 Å². The number of nitrogens with one attached hydrogen (secondary N) is 1. The Morgan fingerprint density at radius 2 is 1.48 bits per heavy atom. The molecule has 0 aliphatic carbocycles. The molecule has 2 N–H and O–H groups in total. The largest absolute Gasteiger partial charge is 0.481 e. The van der Waals surface area contributed by atoms with E-state index >= 15 is 0 Å². The highest BCUT2D eigenvalue weighted by atomic mass is 19.1. The molecule has 156 valence electrons. The number of rotatable bonds is 8. The average molecular weight is 391 g/mol. The van der Waals surface area contributed by atoms with Gasteiger partial charge in [0, 0.05) is 6.42 Å². The molecule has 0 bridgehead atoms. The number of carboxylic acid groups (broad SMARTS) is 1. The van der Waals surface area contributed by atoms with E-state index in [1.807, 2.05) is 0 Å². The molecule has 0 radical (unpaired) electrons. The van der Waals surface area contributed by atoms with E-state index in [4.69, 9.17) is 9.47 Å². The van der Waals surface area contributed by atoms with Crippen molar-refractivity contribution < 1.29 is 38.1 Å². The molecule has 0 aromatic heterocycles. The zero-order valence-corrected chi connectivity index (χ0v) is 16.9. The molecule has 0 aliphatic rings. The van der Waals surface area contributed by atoms with Gasteiger partial charge in [-0.2, -0.15) is 0 Å². The Morgan fingerprint density at radius 3 is 1.89 bits per heavy atom. The Labute approximate surface area is 158 Å². The van der Waals surface area contributed by atoms with Crippen LogP contribution in [0, 0.1) is 5.92 Å². The Bertz CT molecular complexity index is 563. The molecular formula is C18H30FNO7. The molecule has 1 amide bonds. The van der Waals surface area contributed by atoms with Crippen molar-refractivity contribution in [2.24, 2.45) is 5.92 Å². The van der Waals surface area contributed by atoms with E-state index in [9.17, 15) is 28.7 Å². The first-order valence-corrected chi connectivity index (χ1v) is 8.65. The molecule has 0 aromatic carbocycles. The monoisotopic (exact) mass is 391 g/mol. The molecule has 0 saturated carbocycles. The van der Waals surface area contributed by atoms with Crippen LogP contribution in [-0.2, 0) is 23.9 Å². The third-order valence-electron chi connectivity index (χ3n) is 3.18. The first kappa shape index (κ1) is 24.8. The smallest absolute Gasteiger partial charge is 0.408 e. The minimum absolute atomic E-state index is 0.351. The molecule has 3 atom stereocenters.